The van der Waals surface area contributed by atoms with E-state index >= 15 is 4.39 Å². The molecule has 0 radical (unpaired) electrons. The molecule has 0 fully saturated rings. The molecular formula is C29H32FN5O4. The molecule has 0 saturated carbocycles. The lowest BCUT2D eigenvalue weighted by atomic mass is 9.97. The Morgan fingerprint density at radius 3 is 2.46 bits per heavy atom. The van der Waals surface area contributed by atoms with Crippen molar-refractivity contribution in [2.45, 2.75) is 45.3 Å². The van der Waals surface area contributed by atoms with Gasteiger partial charge in [0.25, 0.3) is 0 Å². The summed E-state index contributed by atoms with van der Waals surface area (Å²) in [6.45, 7) is 5.42. The number of rotatable bonds is 10. The molecule has 4 rings (SSSR count). The molecule has 1 atom stereocenters. The predicted molar refractivity (Wildman–Crippen MR) is 146 cm³/mol. The van der Waals surface area contributed by atoms with E-state index in [9.17, 15) is 9.59 Å². The highest BCUT2D eigenvalue weighted by molar-refractivity contribution is 6.02. The van der Waals surface area contributed by atoms with E-state index in [0.717, 1.165) is 4.90 Å². The first-order valence-electron chi connectivity index (χ1n) is 12.6. The maximum absolute atomic E-state index is 15.4. The molecule has 9 nitrogen and oxygen atoms in total. The van der Waals surface area contributed by atoms with Gasteiger partial charge in [0.05, 0.1) is 25.4 Å². The molecule has 0 unspecified atom stereocenters. The predicted octanol–water partition coefficient (Wildman–Crippen LogP) is 4.67. The van der Waals surface area contributed by atoms with Crippen LogP contribution in [0.2, 0.25) is 0 Å². The molecule has 1 N–H and O–H groups in total. The summed E-state index contributed by atoms with van der Waals surface area (Å²) in [5.74, 6) is -0.909. The van der Waals surface area contributed by atoms with E-state index in [-0.39, 0.29) is 12.2 Å². The number of carbonyl (C=O) groups is 2. The second-order valence-corrected chi connectivity index (χ2v) is 9.69. The van der Waals surface area contributed by atoms with Crippen LogP contribution in [0, 0.1) is 5.82 Å². The zero-order chi connectivity index (χ0) is 28.2. The van der Waals surface area contributed by atoms with Crippen LogP contribution in [0.5, 0.6) is 11.5 Å². The highest BCUT2D eigenvalue weighted by Crippen LogP contribution is 2.37. The number of halogens is 1. The maximum Gasteiger partial charge on any atom is 0.249 e. The van der Waals surface area contributed by atoms with E-state index in [2.05, 4.69) is 15.6 Å². The number of nitrogens with one attached hydrogen (secondary N) is 1. The van der Waals surface area contributed by atoms with Crippen LogP contribution in [-0.4, -0.2) is 46.6 Å². The van der Waals surface area contributed by atoms with E-state index in [1.54, 1.807) is 36.4 Å². The van der Waals surface area contributed by atoms with Gasteiger partial charge >= 0.3 is 0 Å². The number of amides is 2. The van der Waals surface area contributed by atoms with Crippen LogP contribution in [0.3, 0.4) is 0 Å². The SMILES string of the molecule is CCC(C)(C)NC(=O)[C@@H](c1ccc(OC)cc1OC)N(C(=O)Cn1nnc2ccccc21)c1ccccc1F. The summed E-state index contributed by atoms with van der Waals surface area (Å²) in [5.41, 5.74) is 0.955. The Kier molecular flexibility index (Phi) is 8.13. The monoisotopic (exact) mass is 533 g/mol. The third kappa shape index (κ3) is 5.84. The van der Waals surface area contributed by atoms with Crippen LogP contribution >= 0.6 is 0 Å². The highest BCUT2D eigenvalue weighted by atomic mass is 19.1. The molecule has 0 bridgehead atoms. The maximum atomic E-state index is 15.4. The smallest absolute Gasteiger partial charge is 0.249 e. The van der Waals surface area contributed by atoms with Crippen molar-refractivity contribution in [1.29, 1.82) is 0 Å². The van der Waals surface area contributed by atoms with Gasteiger partial charge in [-0.25, -0.2) is 9.07 Å². The number of fused-ring (bicyclic) bond motifs is 1. The summed E-state index contributed by atoms with van der Waals surface area (Å²) in [7, 11) is 2.97. The van der Waals surface area contributed by atoms with Crippen molar-refractivity contribution in [2.75, 3.05) is 19.1 Å². The molecule has 0 aliphatic rings. The fraction of sp³-hybridized carbons (Fsp3) is 0.310. The summed E-state index contributed by atoms with van der Waals surface area (Å²) in [4.78, 5) is 29.3. The van der Waals surface area contributed by atoms with Crippen LogP contribution in [0.25, 0.3) is 11.0 Å². The van der Waals surface area contributed by atoms with Crippen LogP contribution < -0.4 is 19.7 Å². The summed E-state index contributed by atoms with van der Waals surface area (Å²) in [6, 6.07) is 16.7. The number of anilines is 1. The summed E-state index contributed by atoms with van der Waals surface area (Å²) < 4.78 is 27.7. The number of hydrogen-bond donors (Lipinski definition) is 1. The number of ether oxygens (including phenoxy) is 2. The minimum Gasteiger partial charge on any atom is -0.497 e. The molecule has 39 heavy (non-hydrogen) atoms. The van der Waals surface area contributed by atoms with E-state index in [0.29, 0.717) is 34.5 Å². The molecule has 4 aromatic rings. The molecule has 1 heterocycles. The van der Waals surface area contributed by atoms with Crippen molar-refractivity contribution in [3.8, 4) is 11.5 Å². The zero-order valence-electron chi connectivity index (χ0n) is 22.6. The van der Waals surface area contributed by atoms with Crippen molar-refractivity contribution in [2.24, 2.45) is 0 Å². The molecule has 204 valence electrons. The molecule has 0 saturated heterocycles. The molecule has 0 aliphatic carbocycles. The Morgan fingerprint density at radius 1 is 1.05 bits per heavy atom. The van der Waals surface area contributed by atoms with Gasteiger partial charge in [0.2, 0.25) is 11.8 Å². The molecule has 2 amide bonds. The Morgan fingerprint density at radius 2 is 1.77 bits per heavy atom. The highest BCUT2D eigenvalue weighted by Gasteiger charge is 2.38. The van der Waals surface area contributed by atoms with Crippen molar-refractivity contribution in [3.05, 3.63) is 78.1 Å². The quantitative estimate of drug-likeness (QED) is 0.318. The average molecular weight is 534 g/mol. The Labute approximate surface area is 226 Å². The fourth-order valence-corrected chi connectivity index (χ4v) is 4.24. The third-order valence-electron chi connectivity index (χ3n) is 6.67. The van der Waals surface area contributed by atoms with Gasteiger partial charge in [-0.15, -0.1) is 5.10 Å². The normalized spacial score (nSPS) is 12.2. The van der Waals surface area contributed by atoms with Crippen molar-refractivity contribution >= 4 is 28.5 Å². The molecule has 1 aromatic heterocycles. The van der Waals surface area contributed by atoms with Gasteiger partial charge in [0.15, 0.2) is 0 Å². The van der Waals surface area contributed by atoms with Crippen molar-refractivity contribution in [3.63, 3.8) is 0 Å². The van der Waals surface area contributed by atoms with Crippen LogP contribution in [0.1, 0.15) is 38.8 Å². The standard InChI is InChI=1S/C29H32FN5O4/c1-6-29(2,3)31-28(37)27(20-16-15-19(38-4)17-25(20)39-5)35(23-13-9-7-11-21(23)30)26(36)18-34-24-14-10-8-12-22(24)32-33-34/h7-17,27H,6,18H2,1-5H3,(H,31,37)/t27-/m1/s1. The number of para-hydroxylation sites is 2. The van der Waals surface area contributed by atoms with Gasteiger partial charge in [-0.1, -0.05) is 36.4 Å². The zero-order valence-corrected chi connectivity index (χ0v) is 22.6. The lowest BCUT2D eigenvalue weighted by Gasteiger charge is -2.35. The Hall–Kier alpha value is -4.47. The number of carbonyl (C=O) groups excluding carboxylic acids is 2. The van der Waals surface area contributed by atoms with Crippen LogP contribution in [0.15, 0.2) is 66.7 Å². The first-order valence-corrected chi connectivity index (χ1v) is 12.6. The summed E-state index contributed by atoms with van der Waals surface area (Å²) in [6.07, 6.45) is 0.629. The number of hydrogen-bond acceptors (Lipinski definition) is 6. The van der Waals surface area contributed by atoms with E-state index in [1.807, 2.05) is 32.9 Å². The summed E-state index contributed by atoms with van der Waals surface area (Å²) >= 11 is 0. The van der Waals surface area contributed by atoms with Gasteiger partial charge in [-0.3, -0.25) is 14.5 Å². The molecular weight excluding hydrogens is 501 g/mol. The van der Waals surface area contributed by atoms with Crippen LogP contribution in [0.4, 0.5) is 10.1 Å². The first-order chi connectivity index (χ1) is 18.7. The van der Waals surface area contributed by atoms with Crippen molar-refractivity contribution in [1.82, 2.24) is 20.3 Å². The average Bonchev–Trinajstić information content (AvgIpc) is 3.34. The van der Waals surface area contributed by atoms with Crippen molar-refractivity contribution < 1.29 is 23.5 Å². The van der Waals surface area contributed by atoms with E-state index in [1.165, 1.54) is 37.1 Å². The number of methoxy groups -OCH3 is 2. The largest absolute Gasteiger partial charge is 0.497 e. The third-order valence-corrected chi connectivity index (χ3v) is 6.67. The lowest BCUT2D eigenvalue weighted by molar-refractivity contribution is -0.128. The Balaban J connectivity index is 1.89. The van der Waals surface area contributed by atoms with Gasteiger partial charge in [0, 0.05) is 17.2 Å². The number of benzene rings is 3. The summed E-state index contributed by atoms with van der Waals surface area (Å²) in [5, 5.41) is 11.3. The second kappa shape index (κ2) is 11.5. The fourth-order valence-electron chi connectivity index (χ4n) is 4.24. The van der Waals surface area contributed by atoms with Crippen LogP contribution in [-0.2, 0) is 16.1 Å². The lowest BCUT2D eigenvalue weighted by Crippen LogP contribution is -2.51. The molecule has 10 heteroatoms. The van der Waals surface area contributed by atoms with Gasteiger partial charge in [-0.2, -0.15) is 0 Å². The van der Waals surface area contributed by atoms with E-state index in [4.69, 9.17) is 9.47 Å². The van der Waals surface area contributed by atoms with Gasteiger partial charge < -0.3 is 14.8 Å². The molecule has 3 aromatic carbocycles. The minimum atomic E-state index is -1.28. The molecule has 0 spiro atoms. The van der Waals surface area contributed by atoms with Gasteiger partial charge in [0.1, 0.15) is 35.4 Å². The first kappa shape index (κ1) is 27.6. The number of aromatic nitrogens is 3. The number of nitrogens with zero attached hydrogens (tertiary/aromatic N) is 4. The second-order valence-electron chi connectivity index (χ2n) is 9.69. The van der Waals surface area contributed by atoms with Gasteiger partial charge in [-0.05, 0) is 56.7 Å². The molecule has 0 aliphatic heterocycles. The minimum absolute atomic E-state index is 0.0563. The van der Waals surface area contributed by atoms with E-state index < -0.39 is 29.2 Å². The topological polar surface area (TPSA) is 98.6 Å². The Bertz CT molecular complexity index is 1490.